The maximum atomic E-state index is 12.8. The number of aliphatic hydroxyl groups excluding tert-OH is 1. The van der Waals surface area contributed by atoms with Crippen LogP contribution in [0.1, 0.15) is 31.2 Å². The van der Waals surface area contributed by atoms with Crippen LogP contribution in [-0.4, -0.2) is 49.4 Å². The van der Waals surface area contributed by atoms with Crippen molar-refractivity contribution in [1.29, 1.82) is 0 Å². The first-order valence-electron chi connectivity index (χ1n) is 9.00. The van der Waals surface area contributed by atoms with Crippen LogP contribution in [0.3, 0.4) is 0 Å². The zero-order valence-corrected chi connectivity index (χ0v) is 14.3. The second-order valence-electron chi connectivity index (χ2n) is 7.38. The summed E-state index contributed by atoms with van der Waals surface area (Å²) in [5.41, 5.74) is 1.04. The minimum Gasteiger partial charge on any atom is -0.396 e. The zero-order valence-electron chi connectivity index (χ0n) is 14.3. The lowest BCUT2D eigenvalue weighted by atomic mass is 9.70. The van der Waals surface area contributed by atoms with E-state index in [0.717, 1.165) is 25.7 Å². The number of carbonyl (C=O) groups is 1. The minimum atomic E-state index is -0.198. The van der Waals surface area contributed by atoms with E-state index in [9.17, 15) is 9.90 Å². The minimum absolute atomic E-state index is 0.137. The summed E-state index contributed by atoms with van der Waals surface area (Å²) in [5.74, 6) is 0.185. The first-order valence-corrected chi connectivity index (χ1v) is 9.00. The fourth-order valence-corrected chi connectivity index (χ4v) is 4.78. The summed E-state index contributed by atoms with van der Waals surface area (Å²) in [6.45, 7) is 0.741. The smallest absolute Gasteiger partial charge is 0.224 e. The highest BCUT2D eigenvalue weighted by molar-refractivity contribution is 5.78. The molecule has 1 aromatic carbocycles. The van der Waals surface area contributed by atoms with Crippen molar-refractivity contribution in [3.8, 4) is 0 Å². The molecule has 2 bridgehead atoms. The van der Waals surface area contributed by atoms with E-state index in [1.807, 2.05) is 22.8 Å². The molecule has 0 spiro atoms. The van der Waals surface area contributed by atoms with Gasteiger partial charge in [-0.1, -0.05) is 30.3 Å². The summed E-state index contributed by atoms with van der Waals surface area (Å²) in [4.78, 5) is 14.9. The van der Waals surface area contributed by atoms with Crippen molar-refractivity contribution < 1.29 is 9.90 Å². The van der Waals surface area contributed by atoms with Crippen molar-refractivity contribution in [3.05, 3.63) is 48.5 Å². The summed E-state index contributed by atoms with van der Waals surface area (Å²) in [5, 5.41) is 17.8. The van der Waals surface area contributed by atoms with Crippen LogP contribution in [0.25, 0.3) is 0 Å². The molecule has 4 rings (SSSR count). The van der Waals surface area contributed by atoms with Gasteiger partial charge in [-0.3, -0.25) is 4.79 Å². The van der Waals surface area contributed by atoms with E-state index in [1.165, 1.54) is 5.56 Å². The van der Waals surface area contributed by atoms with Crippen LogP contribution in [0, 0.1) is 5.41 Å². The molecule has 6 nitrogen and oxygen atoms in total. The summed E-state index contributed by atoms with van der Waals surface area (Å²) in [7, 11) is 0. The third-order valence-electron chi connectivity index (χ3n) is 5.90. The van der Waals surface area contributed by atoms with Crippen molar-refractivity contribution >= 4 is 5.91 Å². The van der Waals surface area contributed by atoms with Crippen molar-refractivity contribution in [1.82, 2.24) is 19.7 Å². The SMILES string of the molecule is O=C(CCn1cnnc1)N1[C@@H]2CC[C@H]1[C@](CO)(Cc1ccccc1)C2. The maximum Gasteiger partial charge on any atom is 0.224 e. The second-order valence-corrected chi connectivity index (χ2v) is 7.38. The Morgan fingerprint density at radius 3 is 2.68 bits per heavy atom. The standard InChI is InChI=1S/C19H24N4O2/c24-12-19(10-15-4-2-1-3-5-15)11-16-6-7-17(19)23(16)18(25)8-9-22-13-20-21-14-22/h1-5,13-14,16-17,24H,6-12H2/t16-,17+,19-/m1/s1. The van der Waals surface area contributed by atoms with Crippen LogP contribution < -0.4 is 0 Å². The van der Waals surface area contributed by atoms with Crippen LogP contribution in [0.15, 0.2) is 43.0 Å². The van der Waals surface area contributed by atoms with Crippen molar-refractivity contribution in [2.24, 2.45) is 5.41 Å². The molecular formula is C19H24N4O2. The van der Waals surface area contributed by atoms with E-state index in [2.05, 4.69) is 27.2 Å². The van der Waals surface area contributed by atoms with E-state index in [4.69, 9.17) is 0 Å². The third-order valence-corrected chi connectivity index (χ3v) is 5.90. The van der Waals surface area contributed by atoms with Gasteiger partial charge in [-0.25, -0.2) is 0 Å². The van der Waals surface area contributed by atoms with Crippen LogP contribution in [0.5, 0.6) is 0 Å². The van der Waals surface area contributed by atoms with Gasteiger partial charge in [-0.2, -0.15) is 0 Å². The molecule has 2 aliphatic rings. The molecule has 2 aliphatic heterocycles. The van der Waals surface area contributed by atoms with Gasteiger partial charge in [0.1, 0.15) is 12.7 Å². The molecule has 0 aliphatic carbocycles. The first kappa shape index (κ1) is 16.3. The molecule has 3 atom stereocenters. The van der Waals surface area contributed by atoms with Crippen LogP contribution in [-0.2, 0) is 17.8 Å². The molecule has 2 aromatic rings. The Labute approximate surface area is 147 Å². The Morgan fingerprint density at radius 1 is 1.20 bits per heavy atom. The lowest BCUT2D eigenvalue weighted by molar-refractivity contribution is -0.133. The molecule has 1 N–H and O–H groups in total. The van der Waals surface area contributed by atoms with Crippen LogP contribution in [0.4, 0.5) is 0 Å². The lowest BCUT2D eigenvalue weighted by Gasteiger charge is -2.36. The molecule has 1 amide bonds. The van der Waals surface area contributed by atoms with Gasteiger partial charge in [0.15, 0.2) is 0 Å². The van der Waals surface area contributed by atoms with Gasteiger partial charge >= 0.3 is 0 Å². The molecule has 25 heavy (non-hydrogen) atoms. The van der Waals surface area contributed by atoms with Crippen LogP contribution >= 0.6 is 0 Å². The fourth-order valence-electron chi connectivity index (χ4n) is 4.78. The van der Waals surface area contributed by atoms with Gasteiger partial charge in [-0.05, 0) is 31.2 Å². The molecule has 0 saturated carbocycles. The van der Waals surface area contributed by atoms with Gasteiger partial charge in [0.05, 0.1) is 6.61 Å². The Balaban J connectivity index is 1.48. The van der Waals surface area contributed by atoms with E-state index >= 15 is 0 Å². The quantitative estimate of drug-likeness (QED) is 0.868. The molecule has 0 radical (unpaired) electrons. The molecular weight excluding hydrogens is 316 g/mol. The number of hydrogen-bond donors (Lipinski definition) is 1. The van der Waals surface area contributed by atoms with E-state index in [-0.39, 0.29) is 30.0 Å². The number of nitrogens with zero attached hydrogens (tertiary/aromatic N) is 4. The largest absolute Gasteiger partial charge is 0.396 e. The Hall–Kier alpha value is -2.21. The van der Waals surface area contributed by atoms with Crippen molar-refractivity contribution in [2.45, 2.75) is 50.7 Å². The Bertz CT molecular complexity index is 718. The van der Waals surface area contributed by atoms with E-state index in [0.29, 0.717) is 13.0 Å². The average molecular weight is 340 g/mol. The number of aromatic nitrogens is 3. The molecule has 3 heterocycles. The molecule has 2 saturated heterocycles. The number of aryl methyl sites for hydroxylation is 1. The highest BCUT2D eigenvalue weighted by Gasteiger charge is 2.56. The lowest BCUT2D eigenvalue weighted by Crippen LogP contribution is -2.44. The number of fused-ring (bicyclic) bond motifs is 2. The van der Waals surface area contributed by atoms with Crippen molar-refractivity contribution in [3.63, 3.8) is 0 Å². The number of amides is 1. The average Bonchev–Trinajstić information content (AvgIpc) is 3.36. The van der Waals surface area contributed by atoms with Gasteiger partial charge in [0, 0.05) is 30.5 Å². The molecule has 132 valence electrons. The number of aliphatic hydroxyl groups is 1. The summed E-state index contributed by atoms with van der Waals surface area (Å²) >= 11 is 0. The van der Waals surface area contributed by atoms with Crippen LogP contribution in [0.2, 0.25) is 0 Å². The molecule has 2 fully saturated rings. The normalized spacial score (nSPS) is 27.8. The van der Waals surface area contributed by atoms with Crippen molar-refractivity contribution in [2.75, 3.05) is 6.61 Å². The number of benzene rings is 1. The summed E-state index contributed by atoms with van der Waals surface area (Å²) < 4.78 is 1.83. The van der Waals surface area contributed by atoms with Gasteiger partial charge in [0.2, 0.25) is 5.91 Å². The first-order chi connectivity index (χ1) is 12.2. The van der Waals surface area contributed by atoms with E-state index < -0.39 is 0 Å². The van der Waals surface area contributed by atoms with E-state index in [1.54, 1.807) is 12.7 Å². The predicted octanol–water partition coefficient (Wildman–Crippen LogP) is 1.65. The molecule has 1 aromatic heterocycles. The highest BCUT2D eigenvalue weighted by Crippen LogP contribution is 2.51. The highest BCUT2D eigenvalue weighted by atomic mass is 16.3. The zero-order chi connectivity index (χ0) is 17.3. The van der Waals surface area contributed by atoms with Gasteiger partial charge in [-0.15, -0.1) is 10.2 Å². The number of hydrogen-bond acceptors (Lipinski definition) is 4. The monoisotopic (exact) mass is 340 g/mol. The maximum absolute atomic E-state index is 12.8. The topological polar surface area (TPSA) is 71.2 Å². The summed E-state index contributed by atoms with van der Waals surface area (Å²) in [6.07, 6.45) is 7.52. The molecule has 0 unspecified atom stereocenters. The Morgan fingerprint density at radius 2 is 1.96 bits per heavy atom. The molecule has 6 heteroatoms. The van der Waals surface area contributed by atoms with Gasteiger partial charge < -0.3 is 14.6 Å². The summed E-state index contributed by atoms with van der Waals surface area (Å²) in [6, 6.07) is 10.7. The second kappa shape index (κ2) is 6.59. The van der Waals surface area contributed by atoms with Gasteiger partial charge in [0.25, 0.3) is 0 Å². The predicted molar refractivity (Wildman–Crippen MR) is 92.6 cm³/mol. The third kappa shape index (κ3) is 2.95. The number of rotatable bonds is 6. The Kier molecular flexibility index (Phi) is 4.29. The fraction of sp³-hybridized carbons (Fsp3) is 0.526. The number of carbonyl (C=O) groups excluding carboxylic acids is 1.